The van der Waals surface area contributed by atoms with Gasteiger partial charge in [-0.25, -0.2) is 4.98 Å². The standard InChI is InChI=1S/C22H22N4O2/c1-15(21-24-20(25-28-21)16-7-3-2-4-8-16)26-13-11-17(12-14-26)22-23-18-9-5-6-10-19(18)27-22/h2-10,15,17H,11-14H2,1H3/t15-/m0/s1. The van der Waals surface area contributed by atoms with E-state index in [9.17, 15) is 0 Å². The fourth-order valence-corrected chi connectivity index (χ4v) is 3.86. The second-order valence-corrected chi connectivity index (χ2v) is 7.33. The van der Waals surface area contributed by atoms with Crippen LogP contribution in [0.3, 0.4) is 0 Å². The zero-order valence-electron chi connectivity index (χ0n) is 15.8. The Morgan fingerprint density at radius 2 is 1.71 bits per heavy atom. The monoisotopic (exact) mass is 374 g/mol. The van der Waals surface area contributed by atoms with Crippen LogP contribution in [0.25, 0.3) is 22.5 Å². The van der Waals surface area contributed by atoms with Crippen molar-refractivity contribution in [2.45, 2.75) is 31.7 Å². The Morgan fingerprint density at radius 1 is 0.964 bits per heavy atom. The third-order valence-electron chi connectivity index (χ3n) is 5.57. The van der Waals surface area contributed by atoms with Crippen molar-refractivity contribution in [3.05, 3.63) is 66.4 Å². The molecule has 2 aromatic carbocycles. The van der Waals surface area contributed by atoms with Crippen LogP contribution in [0.2, 0.25) is 0 Å². The van der Waals surface area contributed by atoms with E-state index < -0.39 is 0 Å². The molecule has 0 radical (unpaired) electrons. The summed E-state index contributed by atoms with van der Waals surface area (Å²) in [5.41, 5.74) is 2.78. The normalized spacial score (nSPS) is 17.2. The smallest absolute Gasteiger partial charge is 0.244 e. The van der Waals surface area contributed by atoms with E-state index in [2.05, 4.69) is 26.9 Å². The number of oxazole rings is 1. The maximum absolute atomic E-state index is 5.97. The second-order valence-electron chi connectivity index (χ2n) is 7.33. The second kappa shape index (κ2) is 7.20. The van der Waals surface area contributed by atoms with Crippen LogP contribution in [0.15, 0.2) is 63.5 Å². The minimum atomic E-state index is 0.0922. The zero-order valence-corrected chi connectivity index (χ0v) is 15.8. The molecule has 1 fully saturated rings. The van der Waals surface area contributed by atoms with E-state index >= 15 is 0 Å². The number of likely N-dealkylation sites (tertiary alicyclic amines) is 1. The molecule has 1 aliphatic rings. The number of benzene rings is 2. The molecule has 1 atom stereocenters. The lowest BCUT2D eigenvalue weighted by Gasteiger charge is -2.33. The lowest BCUT2D eigenvalue weighted by atomic mass is 9.96. The fraction of sp³-hybridized carbons (Fsp3) is 0.318. The first-order chi connectivity index (χ1) is 13.8. The molecule has 0 bridgehead atoms. The van der Waals surface area contributed by atoms with E-state index in [-0.39, 0.29) is 6.04 Å². The lowest BCUT2D eigenvalue weighted by molar-refractivity contribution is 0.131. The lowest BCUT2D eigenvalue weighted by Crippen LogP contribution is -2.35. The number of rotatable bonds is 4. The summed E-state index contributed by atoms with van der Waals surface area (Å²) in [5, 5.41) is 4.15. The molecule has 1 aliphatic heterocycles. The number of piperidine rings is 1. The Morgan fingerprint density at radius 3 is 2.50 bits per heavy atom. The van der Waals surface area contributed by atoms with Crippen molar-refractivity contribution in [2.75, 3.05) is 13.1 Å². The summed E-state index contributed by atoms with van der Waals surface area (Å²) in [6.07, 6.45) is 2.02. The Kier molecular flexibility index (Phi) is 4.41. The molecule has 28 heavy (non-hydrogen) atoms. The molecule has 6 heteroatoms. The summed E-state index contributed by atoms with van der Waals surface area (Å²) < 4.78 is 11.5. The predicted octanol–water partition coefficient (Wildman–Crippen LogP) is 4.82. The number of nitrogens with zero attached hydrogens (tertiary/aromatic N) is 4. The minimum Gasteiger partial charge on any atom is -0.440 e. The largest absolute Gasteiger partial charge is 0.440 e. The highest BCUT2D eigenvalue weighted by Gasteiger charge is 2.29. The third-order valence-corrected chi connectivity index (χ3v) is 5.57. The number of fused-ring (bicyclic) bond motifs is 1. The van der Waals surface area contributed by atoms with Crippen LogP contribution in [0.1, 0.15) is 43.5 Å². The molecule has 2 aromatic heterocycles. The van der Waals surface area contributed by atoms with Gasteiger partial charge in [-0.1, -0.05) is 47.6 Å². The average molecular weight is 374 g/mol. The quantitative estimate of drug-likeness (QED) is 0.510. The topological polar surface area (TPSA) is 68.2 Å². The van der Waals surface area contributed by atoms with Gasteiger partial charge in [0.2, 0.25) is 11.7 Å². The van der Waals surface area contributed by atoms with Gasteiger partial charge < -0.3 is 8.94 Å². The van der Waals surface area contributed by atoms with Gasteiger partial charge in [0.25, 0.3) is 0 Å². The van der Waals surface area contributed by atoms with E-state index in [0.717, 1.165) is 48.5 Å². The molecule has 4 aromatic rings. The molecule has 1 saturated heterocycles. The first kappa shape index (κ1) is 17.1. The van der Waals surface area contributed by atoms with Gasteiger partial charge in [-0.15, -0.1) is 0 Å². The molecular weight excluding hydrogens is 352 g/mol. The Hall–Kier alpha value is -2.99. The van der Waals surface area contributed by atoms with Gasteiger partial charge in [-0.05, 0) is 45.0 Å². The first-order valence-corrected chi connectivity index (χ1v) is 9.76. The minimum absolute atomic E-state index is 0.0922. The highest BCUT2D eigenvalue weighted by atomic mass is 16.5. The van der Waals surface area contributed by atoms with E-state index in [1.165, 1.54) is 0 Å². The summed E-state index contributed by atoms with van der Waals surface area (Å²) in [7, 11) is 0. The molecule has 0 saturated carbocycles. The van der Waals surface area contributed by atoms with Crippen LogP contribution >= 0.6 is 0 Å². The molecule has 0 unspecified atom stereocenters. The highest BCUT2D eigenvalue weighted by Crippen LogP contribution is 2.33. The number of para-hydroxylation sites is 2. The van der Waals surface area contributed by atoms with Crippen LogP contribution in [0.5, 0.6) is 0 Å². The third kappa shape index (κ3) is 3.20. The summed E-state index contributed by atoms with van der Waals surface area (Å²) in [5.74, 6) is 2.53. The molecule has 0 N–H and O–H groups in total. The van der Waals surface area contributed by atoms with Crippen LogP contribution in [-0.2, 0) is 0 Å². The van der Waals surface area contributed by atoms with Gasteiger partial charge in [-0.2, -0.15) is 4.98 Å². The molecule has 6 nitrogen and oxygen atoms in total. The maximum atomic E-state index is 5.97. The Bertz CT molecular complexity index is 1030. The summed E-state index contributed by atoms with van der Waals surface area (Å²) >= 11 is 0. The van der Waals surface area contributed by atoms with Crippen LogP contribution in [0, 0.1) is 0 Å². The molecule has 5 rings (SSSR count). The fourth-order valence-electron chi connectivity index (χ4n) is 3.86. The molecule has 0 aliphatic carbocycles. The van der Waals surface area contributed by atoms with E-state index in [4.69, 9.17) is 8.94 Å². The van der Waals surface area contributed by atoms with E-state index in [1.807, 2.05) is 54.6 Å². The zero-order chi connectivity index (χ0) is 18.9. The Labute approximate surface area is 163 Å². The van der Waals surface area contributed by atoms with Crippen LogP contribution < -0.4 is 0 Å². The summed E-state index contributed by atoms with van der Waals surface area (Å²) in [6.45, 7) is 4.03. The summed E-state index contributed by atoms with van der Waals surface area (Å²) in [6, 6.07) is 18.0. The van der Waals surface area contributed by atoms with Crippen LogP contribution in [-0.4, -0.2) is 33.1 Å². The van der Waals surface area contributed by atoms with Gasteiger partial charge >= 0.3 is 0 Å². The van der Waals surface area contributed by atoms with Gasteiger partial charge in [0.05, 0.1) is 6.04 Å². The van der Waals surface area contributed by atoms with Gasteiger partial charge in [0.1, 0.15) is 5.52 Å². The first-order valence-electron chi connectivity index (χ1n) is 9.76. The van der Waals surface area contributed by atoms with Crippen molar-refractivity contribution in [2.24, 2.45) is 0 Å². The SMILES string of the molecule is C[C@@H](c1nc(-c2ccccc2)no1)N1CCC(c2nc3ccccc3o2)CC1. The molecule has 0 amide bonds. The maximum Gasteiger partial charge on any atom is 0.244 e. The molecule has 142 valence electrons. The molecular formula is C22H22N4O2. The van der Waals surface area contributed by atoms with Crippen molar-refractivity contribution in [3.63, 3.8) is 0 Å². The average Bonchev–Trinajstić information content (AvgIpc) is 3.41. The van der Waals surface area contributed by atoms with Gasteiger partial charge in [-0.3, -0.25) is 4.90 Å². The molecule has 3 heterocycles. The van der Waals surface area contributed by atoms with Crippen molar-refractivity contribution >= 4 is 11.1 Å². The van der Waals surface area contributed by atoms with E-state index in [1.54, 1.807) is 0 Å². The number of hydrogen-bond acceptors (Lipinski definition) is 6. The predicted molar refractivity (Wildman–Crippen MR) is 106 cm³/mol. The molecule has 0 spiro atoms. The van der Waals surface area contributed by atoms with Crippen molar-refractivity contribution in [1.82, 2.24) is 20.0 Å². The number of hydrogen-bond donors (Lipinski definition) is 0. The summed E-state index contributed by atoms with van der Waals surface area (Å²) in [4.78, 5) is 11.7. The van der Waals surface area contributed by atoms with Gasteiger partial charge in [0, 0.05) is 11.5 Å². The van der Waals surface area contributed by atoms with Crippen molar-refractivity contribution in [3.8, 4) is 11.4 Å². The van der Waals surface area contributed by atoms with Crippen molar-refractivity contribution in [1.29, 1.82) is 0 Å². The highest BCUT2D eigenvalue weighted by molar-refractivity contribution is 5.72. The van der Waals surface area contributed by atoms with Crippen LogP contribution in [0.4, 0.5) is 0 Å². The van der Waals surface area contributed by atoms with Gasteiger partial charge in [0.15, 0.2) is 11.5 Å². The van der Waals surface area contributed by atoms with E-state index in [0.29, 0.717) is 17.6 Å². The number of aromatic nitrogens is 3. The van der Waals surface area contributed by atoms with Crippen molar-refractivity contribution < 1.29 is 8.94 Å². The Balaban J connectivity index is 1.26.